The van der Waals surface area contributed by atoms with Gasteiger partial charge in [0.15, 0.2) is 5.69 Å². The third kappa shape index (κ3) is 3.65. The molecule has 2 aromatic heterocycles. The minimum atomic E-state index is -4.56. The van der Waals surface area contributed by atoms with Crippen molar-refractivity contribution in [3.63, 3.8) is 0 Å². The van der Waals surface area contributed by atoms with Crippen molar-refractivity contribution in [1.29, 1.82) is 0 Å². The Balaban J connectivity index is 1.82. The molecule has 2 aromatic rings. The van der Waals surface area contributed by atoms with Gasteiger partial charge in [0.2, 0.25) is 0 Å². The zero-order valence-electron chi connectivity index (χ0n) is 13.7. The Kier molecular flexibility index (Phi) is 5.03. The van der Waals surface area contributed by atoms with Crippen LogP contribution in [0.4, 0.5) is 13.2 Å². The number of aromatic nitrogens is 2. The molecule has 1 aliphatic heterocycles. The van der Waals surface area contributed by atoms with Crippen molar-refractivity contribution in [1.82, 2.24) is 15.1 Å². The van der Waals surface area contributed by atoms with E-state index in [1.807, 2.05) is 6.92 Å². The molecule has 0 radical (unpaired) electrons. The summed E-state index contributed by atoms with van der Waals surface area (Å²) in [5, 5.41) is 6.30. The molecule has 0 saturated carbocycles. The molecule has 10 heteroatoms. The van der Waals surface area contributed by atoms with Crippen LogP contribution in [0.3, 0.4) is 0 Å². The molecule has 1 amide bonds. The second-order valence-electron chi connectivity index (χ2n) is 5.74. The highest BCUT2D eigenvalue weighted by Gasteiger charge is 2.38. The van der Waals surface area contributed by atoms with E-state index >= 15 is 0 Å². The molecule has 1 saturated heterocycles. The number of thiophene rings is 1. The third-order valence-electron chi connectivity index (χ3n) is 4.01. The van der Waals surface area contributed by atoms with Gasteiger partial charge in [0.1, 0.15) is 10.9 Å². The van der Waals surface area contributed by atoms with Crippen molar-refractivity contribution in [2.45, 2.75) is 31.7 Å². The van der Waals surface area contributed by atoms with Crippen molar-refractivity contribution >= 4 is 27.5 Å². The SMILES string of the molecule is CCO[C@@H]1COCC[C@H]1NC(=O)c1cc2c(C(F)(F)F)nn(C)c2s1. The van der Waals surface area contributed by atoms with Gasteiger partial charge < -0.3 is 14.8 Å². The second kappa shape index (κ2) is 6.93. The van der Waals surface area contributed by atoms with Crippen LogP contribution in [0.25, 0.3) is 10.2 Å². The molecule has 2 atom stereocenters. The summed E-state index contributed by atoms with van der Waals surface area (Å²) >= 11 is 0.988. The fourth-order valence-corrected chi connectivity index (χ4v) is 3.83. The highest BCUT2D eigenvalue weighted by molar-refractivity contribution is 7.20. The maximum atomic E-state index is 13.0. The molecule has 6 nitrogen and oxygen atoms in total. The first kappa shape index (κ1) is 18.2. The van der Waals surface area contributed by atoms with Gasteiger partial charge in [-0.15, -0.1) is 11.3 Å². The minimum Gasteiger partial charge on any atom is -0.379 e. The molecule has 1 N–H and O–H groups in total. The van der Waals surface area contributed by atoms with Gasteiger partial charge in [0, 0.05) is 25.6 Å². The van der Waals surface area contributed by atoms with Gasteiger partial charge in [-0.1, -0.05) is 0 Å². The zero-order chi connectivity index (χ0) is 18.2. The van der Waals surface area contributed by atoms with Gasteiger partial charge in [-0.05, 0) is 19.4 Å². The first-order chi connectivity index (χ1) is 11.8. The Bertz CT molecular complexity index is 769. The number of hydrogen-bond acceptors (Lipinski definition) is 5. The van der Waals surface area contributed by atoms with E-state index in [1.165, 1.54) is 13.1 Å². The number of amides is 1. The van der Waals surface area contributed by atoms with E-state index in [1.54, 1.807) is 0 Å². The van der Waals surface area contributed by atoms with Crippen LogP contribution >= 0.6 is 11.3 Å². The van der Waals surface area contributed by atoms with Crippen LogP contribution in [0.5, 0.6) is 0 Å². The van der Waals surface area contributed by atoms with Gasteiger partial charge in [-0.2, -0.15) is 18.3 Å². The van der Waals surface area contributed by atoms with Crippen LogP contribution in [0.1, 0.15) is 28.7 Å². The monoisotopic (exact) mass is 377 g/mol. The lowest BCUT2D eigenvalue weighted by Gasteiger charge is -2.31. The normalized spacial score (nSPS) is 21.6. The number of aryl methyl sites for hydroxylation is 1. The summed E-state index contributed by atoms with van der Waals surface area (Å²) in [4.78, 5) is 13.0. The molecule has 0 unspecified atom stereocenters. The molecule has 1 aliphatic rings. The summed E-state index contributed by atoms with van der Waals surface area (Å²) in [5.74, 6) is -0.411. The van der Waals surface area contributed by atoms with E-state index in [0.29, 0.717) is 31.1 Å². The van der Waals surface area contributed by atoms with Gasteiger partial charge >= 0.3 is 6.18 Å². The number of alkyl halides is 3. The average molecular weight is 377 g/mol. The molecular weight excluding hydrogens is 359 g/mol. The van der Waals surface area contributed by atoms with Crippen molar-refractivity contribution in [3.8, 4) is 0 Å². The number of halogens is 3. The van der Waals surface area contributed by atoms with Crippen LogP contribution in [0, 0.1) is 0 Å². The quantitative estimate of drug-likeness (QED) is 0.890. The van der Waals surface area contributed by atoms with Crippen LogP contribution in [-0.4, -0.2) is 47.7 Å². The van der Waals surface area contributed by atoms with Crippen LogP contribution in [0.15, 0.2) is 6.07 Å². The van der Waals surface area contributed by atoms with Crippen LogP contribution in [-0.2, 0) is 22.7 Å². The number of rotatable bonds is 4. The maximum absolute atomic E-state index is 13.0. The highest BCUT2D eigenvalue weighted by Crippen LogP contribution is 2.37. The number of carbonyl (C=O) groups is 1. The molecule has 0 aromatic carbocycles. The van der Waals surface area contributed by atoms with Crippen molar-refractivity contribution in [2.24, 2.45) is 7.05 Å². The van der Waals surface area contributed by atoms with E-state index in [-0.39, 0.29) is 22.4 Å². The predicted molar refractivity (Wildman–Crippen MR) is 85.7 cm³/mol. The largest absolute Gasteiger partial charge is 0.435 e. The predicted octanol–water partition coefficient (Wildman–Crippen LogP) is 2.58. The van der Waals surface area contributed by atoms with E-state index in [2.05, 4.69) is 10.4 Å². The highest BCUT2D eigenvalue weighted by atomic mass is 32.1. The number of nitrogens with one attached hydrogen (secondary N) is 1. The Labute approximate surface area is 145 Å². The van der Waals surface area contributed by atoms with Gasteiger partial charge in [-0.25, -0.2) is 0 Å². The summed E-state index contributed by atoms with van der Waals surface area (Å²) < 4.78 is 51.2. The molecule has 1 fully saturated rings. The molecule has 25 heavy (non-hydrogen) atoms. The topological polar surface area (TPSA) is 65.4 Å². The number of fused-ring (bicyclic) bond motifs is 1. The van der Waals surface area contributed by atoms with Crippen molar-refractivity contribution in [3.05, 3.63) is 16.6 Å². The first-order valence-corrected chi connectivity index (χ1v) is 8.66. The van der Waals surface area contributed by atoms with Gasteiger partial charge in [0.05, 0.1) is 17.5 Å². The Hall–Kier alpha value is -1.65. The van der Waals surface area contributed by atoms with Crippen LogP contribution < -0.4 is 5.32 Å². The average Bonchev–Trinajstić information content (AvgIpc) is 3.10. The minimum absolute atomic E-state index is 0.0570. The maximum Gasteiger partial charge on any atom is 0.435 e. The molecule has 3 rings (SSSR count). The number of nitrogens with zero attached hydrogens (tertiary/aromatic N) is 2. The van der Waals surface area contributed by atoms with Crippen LogP contribution in [0.2, 0.25) is 0 Å². The number of carbonyl (C=O) groups excluding carboxylic acids is 1. The molecule has 0 bridgehead atoms. The van der Waals surface area contributed by atoms with Crippen molar-refractivity contribution in [2.75, 3.05) is 19.8 Å². The molecule has 0 aliphatic carbocycles. The smallest absolute Gasteiger partial charge is 0.379 e. The first-order valence-electron chi connectivity index (χ1n) is 7.85. The van der Waals surface area contributed by atoms with E-state index in [4.69, 9.17) is 9.47 Å². The Morgan fingerprint density at radius 1 is 1.56 bits per heavy atom. The summed E-state index contributed by atoms with van der Waals surface area (Å²) in [5.41, 5.74) is -0.974. The zero-order valence-corrected chi connectivity index (χ0v) is 14.5. The fourth-order valence-electron chi connectivity index (χ4n) is 2.86. The summed E-state index contributed by atoms with van der Waals surface area (Å²) in [6.07, 6.45) is -4.23. The molecule has 3 heterocycles. The lowest BCUT2D eigenvalue weighted by Crippen LogP contribution is -2.49. The van der Waals surface area contributed by atoms with E-state index in [0.717, 1.165) is 16.0 Å². The second-order valence-corrected chi connectivity index (χ2v) is 6.77. The molecule has 138 valence electrons. The van der Waals surface area contributed by atoms with Gasteiger partial charge in [0.25, 0.3) is 5.91 Å². The lowest BCUT2D eigenvalue weighted by atomic mass is 10.1. The summed E-state index contributed by atoms with van der Waals surface area (Å²) in [7, 11) is 1.43. The molecular formula is C15H18F3N3O3S. The molecule has 0 spiro atoms. The lowest BCUT2D eigenvalue weighted by molar-refractivity contribution is -0.140. The standard InChI is InChI=1S/C15H18F3N3O3S/c1-3-24-10-7-23-5-4-9(10)19-13(22)11-6-8-12(15(16,17)18)20-21(2)14(8)25-11/h6,9-10H,3-5,7H2,1-2H3,(H,19,22)/t9-,10-/m1/s1. The number of hydrogen-bond donors (Lipinski definition) is 1. The summed E-state index contributed by atoms with van der Waals surface area (Å²) in [6.45, 7) is 3.23. The van der Waals surface area contributed by atoms with Crippen molar-refractivity contribution < 1.29 is 27.4 Å². The fraction of sp³-hybridized carbons (Fsp3) is 0.600. The van der Waals surface area contributed by atoms with E-state index < -0.39 is 17.8 Å². The summed E-state index contributed by atoms with van der Waals surface area (Å²) in [6, 6.07) is 1.02. The Morgan fingerprint density at radius 2 is 2.32 bits per heavy atom. The number of ether oxygens (including phenoxy) is 2. The Morgan fingerprint density at radius 3 is 3.00 bits per heavy atom. The third-order valence-corrected chi connectivity index (χ3v) is 5.21. The van der Waals surface area contributed by atoms with Gasteiger partial charge in [-0.3, -0.25) is 9.48 Å². The van der Waals surface area contributed by atoms with E-state index in [9.17, 15) is 18.0 Å².